The maximum absolute atomic E-state index is 5.52. The summed E-state index contributed by atoms with van der Waals surface area (Å²) >= 11 is 0. The molecule has 1 rings (SSSR count). The summed E-state index contributed by atoms with van der Waals surface area (Å²) in [4.78, 5) is 2.64. The highest BCUT2D eigenvalue weighted by molar-refractivity contribution is 4.72. The van der Waals surface area contributed by atoms with Crippen LogP contribution in [0.3, 0.4) is 0 Å². The van der Waals surface area contributed by atoms with Gasteiger partial charge in [0.25, 0.3) is 0 Å². The molecule has 1 saturated heterocycles. The molecular weight excluding hydrogens is 224 g/mol. The van der Waals surface area contributed by atoms with Gasteiger partial charge in [-0.05, 0) is 53.1 Å². The molecule has 1 unspecified atom stereocenters. The molecule has 0 aromatic carbocycles. The van der Waals surface area contributed by atoms with E-state index in [0.717, 1.165) is 32.2 Å². The molecule has 0 aromatic rings. The fourth-order valence-electron chi connectivity index (χ4n) is 2.53. The third-order valence-electron chi connectivity index (χ3n) is 3.72. The molecule has 0 spiro atoms. The molecule has 0 saturated carbocycles. The van der Waals surface area contributed by atoms with Crippen molar-refractivity contribution in [2.24, 2.45) is 0 Å². The summed E-state index contributed by atoms with van der Waals surface area (Å²) in [5.41, 5.74) is 0. The first-order chi connectivity index (χ1) is 8.70. The van der Waals surface area contributed by atoms with Crippen molar-refractivity contribution in [3.05, 3.63) is 0 Å². The zero-order chi connectivity index (χ0) is 13.2. The largest absolute Gasteiger partial charge is 0.379 e. The Balaban J connectivity index is 1.96. The summed E-state index contributed by atoms with van der Waals surface area (Å²) in [5, 5.41) is 3.53. The van der Waals surface area contributed by atoms with Crippen LogP contribution < -0.4 is 5.32 Å². The number of nitrogens with zero attached hydrogens (tertiary/aromatic N) is 1. The third kappa shape index (κ3) is 7.34. The van der Waals surface area contributed by atoms with E-state index in [1.807, 2.05) is 0 Å². The van der Waals surface area contributed by atoms with Crippen LogP contribution in [-0.2, 0) is 4.74 Å². The minimum Gasteiger partial charge on any atom is -0.379 e. The van der Waals surface area contributed by atoms with Crippen molar-refractivity contribution in [2.75, 3.05) is 32.8 Å². The third-order valence-corrected chi connectivity index (χ3v) is 3.72. The fraction of sp³-hybridized carbons (Fsp3) is 1.00. The van der Waals surface area contributed by atoms with Gasteiger partial charge in [-0.25, -0.2) is 0 Å². The van der Waals surface area contributed by atoms with Gasteiger partial charge in [0.15, 0.2) is 0 Å². The molecule has 1 aliphatic rings. The molecule has 18 heavy (non-hydrogen) atoms. The lowest BCUT2D eigenvalue weighted by Crippen LogP contribution is -2.38. The van der Waals surface area contributed by atoms with Gasteiger partial charge >= 0.3 is 0 Å². The molecule has 0 aromatic heterocycles. The van der Waals surface area contributed by atoms with E-state index in [1.165, 1.54) is 38.8 Å². The standard InChI is InChI=1S/C15H32N2O/c1-14(2)18-13-7-9-16-10-12-17-11-6-4-5-8-15(17)3/h14-16H,4-13H2,1-3H3. The quantitative estimate of drug-likeness (QED) is 0.676. The SMILES string of the molecule is CC(C)OCCCNCCN1CCCCCC1C. The summed E-state index contributed by atoms with van der Waals surface area (Å²) in [7, 11) is 0. The monoisotopic (exact) mass is 256 g/mol. The lowest BCUT2D eigenvalue weighted by molar-refractivity contribution is 0.0769. The summed E-state index contributed by atoms with van der Waals surface area (Å²) in [6.07, 6.45) is 7.07. The molecule has 0 aliphatic carbocycles. The molecule has 1 heterocycles. The second-order valence-corrected chi connectivity index (χ2v) is 5.76. The maximum Gasteiger partial charge on any atom is 0.0518 e. The highest BCUT2D eigenvalue weighted by Crippen LogP contribution is 2.15. The Labute approximate surface area is 113 Å². The van der Waals surface area contributed by atoms with Crippen LogP contribution in [0.2, 0.25) is 0 Å². The minimum atomic E-state index is 0.364. The topological polar surface area (TPSA) is 24.5 Å². The number of likely N-dealkylation sites (tertiary alicyclic amines) is 1. The van der Waals surface area contributed by atoms with E-state index in [9.17, 15) is 0 Å². The van der Waals surface area contributed by atoms with Gasteiger partial charge in [-0.3, -0.25) is 4.90 Å². The van der Waals surface area contributed by atoms with Crippen LogP contribution in [0, 0.1) is 0 Å². The van der Waals surface area contributed by atoms with Crippen molar-refractivity contribution in [1.82, 2.24) is 10.2 Å². The molecular formula is C15H32N2O. The first-order valence-corrected chi connectivity index (χ1v) is 7.76. The minimum absolute atomic E-state index is 0.364. The van der Waals surface area contributed by atoms with E-state index in [2.05, 4.69) is 31.0 Å². The van der Waals surface area contributed by atoms with Gasteiger partial charge in [-0.1, -0.05) is 12.8 Å². The summed E-state index contributed by atoms with van der Waals surface area (Å²) in [6.45, 7) is 12.1. The molecule has 1 fully saturated rings. The van der Waals surface area contributed by atoms with Gasteiger partial charge in [0.1, 0.15) is 0 Å². The Morgan fingerprint density at radius 2 is 2.06 bits per heavy atom. The van der Waals surface area contributed by atoms with Crippen molar-refractivity contribution in [1.29, 1.82) is 0 Å². The van der Waals surface area contributed by atoms with E-state index < -0.39 is 0 Å². The van der Waals surface area contributed by atoms with Crippen molar-refractivity contribution < 1.29 is 4.74 Å². The van der Waals surface area contributed by atoms with E-state index >= 15 is 0 Å². The zero-order valence-electron chi connectivity index (χ0n) is 12.6. The van der Waals surface area contributed by atoms with Crippen LogP contribution in [0.4, 0.5) is 0 Å². The Bertz CT molecular complexity index is 197. The van der Waals surface area contributed by atoms with E-state index in [4.69, 9.17) is 4.74 Å². The van der Waals surface area contributed by atoms with Gasteiger partial charge < -0.3 is 10.1 Å². The highest BCUT2D eigenvalue weighted by atomic mass is 16.5. The van der Waals surface area contributed by atoms with Gasteiger partial charge in [0.05, 0.1) is 6.10 Å². The van der Waals surface area contributed by atoms with Gasteiger partial charge in [-0.15, -0.1) is 0 Å². The predicted molar refractivity (Wildman–Crippen MR) is 78.1 cm³/mol. The molecule has 3 nitrogen and oxygen atoms in total. The Hall–Kier alpha value is -0.120. The van der Waals surface area contributed by atoms with Crippen molar-refractivity contribution in [3.63, 3.8) is 0 Å². The fourth-order valence-corrected chi connectivity index (χ4v) is 2.53. The lowest BCUT2D eigenvalue weighted by Gasteiger charge is -2.26. The zero-order valence-corrected chi connectivity index (χ0v) is 12.6. The van der Waals surface area contributed by atoms with Gasteiger partial charge in [0.2, 0.25) is 0 Å². The summed E-state index contributed by atoms with van der Waals surface area (Å²) in [6, 6.07) is 0.776. The number of nitrogens with one attached hydrogen (secondary N) is 1. The normalized spacial score (nSPS) is 22.3. The molecule has 0 radical (unpaired) electrons. The summed E-state index contributed by atoms with van der Waals surface area (Å²) < 4.78 is 5.52. The van der Waals surface area contributed by atoms with Crippen LogP contribution in [0.25, 0.3) is 0 Å². The Morgan fingerprint density at radius 3 is 2.83 bits per heavy atom. The number of hydrogen-bond acceptors (Lipinski definition) is 3. The average Bonchev–Trinajstić information content (AvgIpc) is 2.53. The molecule has 1 aliphatic heterocycles. The van der Waals surface area contributed by atoms with Crippen molar-refractivity contribution in [2.45, 2.75) is 65.0 Å². The molecule has 108 valence electrons. The second-order valence-electron chi connectivity index (χ2n) is 5.76. The van der Waals surface area contributed by atoms with Crippen molar-refractivity contribution in [3.8, 4) is 0 Å². The van der Waals surface area contributed by atoms with Crippen molar-refractivity contribution >= 4 is 0 Å². The van der Waals surface area contributed by atoms with E-state index in [0.29, 0.717) is 6.10 Å². The molecule has 0 bridgehead atoms. The van der Waals surface area contributed by atoms with Crippen LogP contribution in [-0.4, -0.2) is 49.8 Å². The number of hydrogen-bond donors (Lipinski definition) is 1. The number of ether oxygens (including phenoxy) is 1. The first-order valence-electron chi connectivity index (χ1n) is 7.76. The number of rotatable bonds is 8. The molecule has 3 heteroatoms. The molecule has 1 atom stereocenters. The van der Waals surface area contributed by atoms with E-state index in [-0.39, 0.29) is 0 Å². The van der Waals surface area contributed by atoms with Crippen LogP contribution in [0.5, 0.6) is 0 Å². The van der Waals surface area contributed by atoms with Gasteiger partial charge in [0, 0.05) is 25.7 Å². The molecule has 0 amide bonds. The van der Waals surface area contributed by atoms with Gasteiger partial charge in [-0.2, -0.15) is 0 Å². The Kier molecular flexibility index (Phi) is 8.64. The average molecular weight is 256 g/mol. The first kappa shape index (κ1) is 15.9. The predicted octanol–water partition coefficient (Wildman–Crippen LogP) is 2.66. The summed E-state index contributed by atoms with van der Waals surface area (Å²) in [5.74, 6) is 0. The van der Waals surface area contributed by atoms with Crippen LogP contribution in [0.15, 0.2) is 0 Å². The Morgan fingerprint density at radius 1 is 1.22 bits per heavy atom. The smallest absolute Gasteiger partial charge is 0.0518 e. The van der Waals surface area contributed by atoms with Crippen LogP contribution in [0.1, 0.15) is 52.9 Å². The second kappa shape index (κ2) is 9.76. The molecule has 1 N–H and O–H groups in total. The van der Waals surface area contributed by atoms with E-state index in [1.54, 1.807) is 0 Å². The lowest BCUT2D eigenvalue weighted by atomic mass is 10.1. The maximum atomic E-state index is 5.52. The van der Waals surface area contributed by atoms with Crippen LogP contribution >= 0.6 is 0 Å². The highest BCUT2D eigenvalue weighted by Gasteiger charge is 2.15.